The Kier molecular flexibility index (Phi) is 3.40. The van der Waals surface area contributed by atoms with Crippen LogP contribution < -0.4 is 5.32 Å². The summed E-state index contributed by atoms with van der Waals surface area (Å²) in [4.78, 5) is 12.3. The van der Waals surface area contributed by atoms with E-state index in [4.69, 9.17) is 4.52 Å². The number of hydrogen-bond donors (Lipinski definition) is 1. The fourth-order valence-corrected chi connectivity index (χ4v) is 4.54. The van der Waals surface area contributed by atoms with Gasteiger partial charge < -0.3 is 9.84 Å². The SMILES string of the molecule is C[C@@H](NC(=O)Cc1noc2ccccc12)[C@H]1C[C@H]2CC[C@H]1C2. The summed E-state index contributed by atoms with van der Waals surface area (Å²) < 4.78 is 5.26. The summed E-state index contributed by atoms with van der Waals surface area (Å²) in [5.41, 5.74) is 1.47. The molecule has 2 aliphatic carbocycles. The van der Waals surface area contributed by atoms with Crippen LogP contribution >= 0.6 is 0 Å². The second-order valence-corrected chi connectivity index (χ2v) is 7.00. The Hall–Kier alpha value is -1.84. The number of carbonyl (C=O) groups is 1. The molecule has 2 bridgehead atoms. The van der Waals surface area contributed by atoms with Gasteiger partial charge in [0.15, 0.2) is 5.58 Å². The molecule has 4 nitrogen and oxygen atoms in total. The lowest BCUT2D eigenvalue weighted by Gasteiger charge is -2.28. The molecule has 1 aromatic carbocycles. The summed E-state index contributed by atoms with van der Waals surface area (Å²) in [5.74, 6) is 2.45. The number of nitrogens with one attached hydrogen (secondary N) is 1. The van der Waals surface area contributed by atoms with E-state index in [9.17, 15) is 4.79 Å². The van der Waals surface area contributed by atoms with Gasteiger partial charge in [0.25, 0.3) is 0 Å². The highest BCUT2D eigenvalue weighted by Crippen LogP contribution is 2.49. The van der Waals surface area contributed by atoms with Crippen molar-refractivity contribution in [2.24, 2.45) is 17.8 Å². The molecule has 4 rings (SSSR count). The van der Waals surface area contributed by atoms with Crippen molar-refractivity contribution < 1.29 is 9.32 Å². The van der Waals surface area contributed by atoms with E-state index >= 15 is 0 Å². The topological polar surface area (TPSA) is 55.1 Å². The smallest absolute Gasteiger partial charge is 0.226 e. The van der Waals surface area contributed by atoms with Crippen molar-refractivity contribution >= 4 is 16.9 Å². The number of aromatic nitrogens is 1. The number of amides is 1. The fraction of sp³-hybridized carbons (Fsp3) is 0.556. The zero-order valence-corrected chi connectivity index (χ0v) is 12.9. The summed E-state index contributed by atoms with van der Waals surface area (Å²) in [6.45, 7) is 2.16. The van der Waals surface area contributed by atoms with Crippen LogP contribution in [0, 0.1) is 17.8 Å². The van der Waals surface area contributed by atoms with Gasteiger partial charge in [0, 0.05) is 11.4 Å². The maximum atomic E-state index is 12.3. The van der Waals surface area contributed by atoms with Crippen LogP contribution in [-0.2, 0) is 11.2 Å². The molecular weight excluding hydrogens is 276 g/mol. The van der Waals surface area contributed by atoms with Gasteiger partial charge in [-0.3, -0.25) is 4.79 Å². The van der Waals surface area contributed by atoms with Crippen LogP contribution in [0.3, 0.4) is 0 Å². The zero-order valence-electron chi connectivity index (χ0n) is 12.9. The Morgan fingerprint density at radius 2 is 2.23 bits per heavy atom. The lowest BCUT2D eigenvalue weighted by molar-refractivity contribution is -0.121. The molecule has 1 heterocycles. The molecule has 4 atom stereocenters. The van der Waals surface area contributed by atoms with Crippen molar-refractivity contribution in [2.75, 3.05) is 0 Å². The molecular formula is C18H22N2O2. The third kappa shape index (κ3) is 2.40. The van der Waals surface area contributed by atoms with Gasteiger partial charge in [0.1, 0.15) is 5.69 Å². The first kappa shape index (κ1) is 13.8. The van der Waals surface area contributed by atoms with Crippen LogP contribution in [0.2, 0.25) is 0 Å². The molecule has 2 saturated carbocycles. The number of fused-ring (bicyclic) bond motifs is 3. The summed E-state index contributed by atoms with van der Waals surface area (Å²) in [6.07, 6.45) is 5.70. The van der Waals surface area contributed by atoms with Gasteiger partial charge in [-0.2, -0.15) is 0 Å². The average Bonchev–Trinajstić information content (AvgIpc) is 3.22. The standard InChI is InChI=1S/C18H22N2O2/c1-11(15-9-12-6-7-13(15)8-12)19-18(21)10-16-14-4-2-3-5-17(14)22-20-16/h2-5,11-13,15H,6-10H2,1H3,(H,19,21)/t11-,12+,13+,15-/m1/s1. The largest absolute Gasteiger partial charge is 0.356 e. The molecule has 2 aromatic rings. The third-order valence-electron chi connectivity index (χ3n) is 5.60. The third-order valence-corrected chi connectivity index (χ3v) is 5.60. The highest BCUT2D eigenvalue weighted by Gasteiger charge is 2.42. The minimum Gasteiger partial charge on any atom is -0.356 e. The Bertz CT molecular complexity index is 693. The van der Waals surface area contributed by atoms with Gasteiger partial charge >= 0.3 is 0 Å². The lowest BCUT2D eigenvalue weighted by Crippen LogP contribution is -2.40. The highest BCUT2D eigenvalue weighted by atomic mass is 16.5. The van der Waals surface area contributed by atoms with E-state index in [-0.39, 0.29) is 11.9 Å². The van der Waals surface area contributed by atoms with Gasteiger partial charge in [-0.1, -0.05) is 23.7 Å². The van der Waals surface area contributed by atoms with Crippen LogP contribution in [0.25, 0.3) is 11.0 Å². The van der Waals surface area contributed by atoms with Crippen LogP contribution in [-0.4, -0.2) is 17.1 Å². The first-order valence-corrected chi connectivity index (χ1v) is 8.33. The van der Waals surface area contributed by atoms with Crippen molar-refractivity contribution in [3.63, 3.8) is 0 Å². The fourth-order valence-electron chi connectivity index (χ4n) is 4.54. The van der Waals surface area contributed by atoms with Crippen LogP contribution in [0.15, 0.2) is 28.8 Å². The van der Waals surface area contributed by atoms with Crippen LogP contribution in [0.4, 0.5) is 0 Å². The maximum Gasteiger partial charge on any atom is 0.226 e. The Morgan fingerprint density at radius 3 is 3.00 bits per heavy atom. The van der Waals surface area contributed by atoms with Gasteiger partial charge in [-0.25, -0.2) is 0 Å². The van der Waals surface area contributed by atoms with E-state index in [1.807, 2.05) is 24.3 Å². The maximum absolute atomic E-state index is 12.3. The van der Waals surface area contributed by atoms with Crippen molar-refractivity contribution in [3.8, 4) is 0 Å². The van der Waals surface area contributed by atoms with Gasteiger partial charge in [0.2, 0.25) is 5.91 Å². The Morgan fingerprint density at radius 1 is 1.36 bits per heavy atom. The molecule has 0 spiro atoms. The summed E-state index contributed by atoms with van der Waals surface area (Å²) in [7, 11) is 0. The highest BCUT2D eigenvalue weighted by molar-refractivity contribution is 5.86. The van der Waals surface area contributed by atoms with Crippen molar-refractivity contribution in [1.29, 1.82) is 0 Å². The van der Waals surface area contributed by atoms with E-state index in [1.54, 1.807) is 0 Å². The Balaban J connectivity index is 1.40. The van der Waals surface area contributed by atoms with Gasteiger partial charge in [-0.05, 0) is 56.1 Å². The first-order valence-electron chi connectivity index (χ1n) is 8.33. The molecule has 0 saturated heterocycles. The number of para-hydroxylation sites is 1. The van der Waals surface area contributed by atoms with E-state index in [2.05, 4.69) is 17.4 Å². The van der Waals surface area contributed by atoms with Crippen molar-refractivity contribution in [1.82, 2.24) is 10.5 Å². The van der Waals surface area contributed by atoms with Gasteiger partial charge in [0.05, 0.1) is 6.42 Å². The van der Waals surface area contributed by atoms with E-state index in [0.29, 0.717) is 12.3 Å². The molecule has 2 aliphatic rings. The molecule has 116 valence electrons. The first-order chi connectivity index (χ1) is 10.7. The number of rotatable bonds is 4. The molecule has 1 amide bonds. The quantitative estimate of drug-likeness (QED) is 0.942. The second kappa shape index (κ2) is 5.41. The predicted molar refractivity (Wildman–Crippen MR) is 84.3 cm³/mol. The predicted octanol–water partition coefficient (Wildman–Crippen LogP) is 3.31. The van der Waals surface area contributed by atoms with E-state index < -0.39 is 0 Å². The number of carbonyl (C=O) groups excluding carboxylic acids is 1. The summed E-state index contributed by atoms with van der Waals surface area (Å²) in [6, 6.07) is 7.95. The number of benzene rings is 1. The molecule has 0 aliphatic heterocycles. The summed E-state index contributed by atoms with van der Waals surface area (Å²) >= 11 is 0. The number of hydrogen-bond acceptors (Lipinski definition) is 3. The molecule has 4 heteroatoms. The minimum absolute atomic E-state index is 0.0503. The zero-order chi connectivity index (χ0) is 15.1. The molecule has 0 radical (unpaired) electrons. The Labute approximate surface area is 130 Å². The lowest BCUT2D eigenvalue weighted by atomic mass is 9.84. The van der Waals surface area contributed by atoms with Crippen molar-refractivity contribution in [2.45, 2.75) is 45.1 Å². The molecule has 0 unspecified atom stereocenters. The summed E-state index contributed by atoms with van der Waals surface area (Å²) in [5, 5.41) is 8.17. The molecule has 1 N–H and O–H groups in total. The average molecular weight is 298 g/mol. The number of nitrogens with zero attached hydrogens (tertiary/aromatic N) is 1. The minimum atomic E-state index is 0.0503. The molecule has 2 fully saturated rings. The molecule has 1 aromatic heterocycles. The second-order valence-electron chi connectivity index (χ2n) is 7.00. The monoisotopic (exact) mass is 298 g/mol. The van der Waals surface area contributed by atoms with Crippen LogP contribution in [0.5, 0.6) is 0 Å². The van der Waals surface area contributed by atoms with E-state index in [0.717, 1.165) is 28.5 Å². The van der Waals surface area contributed by atoms with Crippen molar-refractivity contribution in [3.05, 3.63) is 30.0 Å². The normalized spacial score (nSPS) is 28.1. The van der Waals surface area contributed by atoms with Gasteiger partial charge in [-0.15, -0.1) is 0 Å². The van der Waals surface area contributed by atoms with E-state index in [1.165, 1.54) is 25.7 Å². The van der Waals surface area contributed by atoms with Crippen LogP contribution in [0.1, 0.15) is 38.3 Å². The molecule has 22 heavy (non-hydrogen) atoms.